The van der Waals surface area contributed by atoms with Gasteiger partial charge in [-0.3, -0.25) is 9.59 Å². The van der Waals surface area contributed by atoms with Gasteiger partial charge in [0.15, 0.2) is 0 Å². The van der Waals surface area contributed by atoms with Gasteiger partial charge in [0, 0.05) is 29.9 Å². The number of rotatable bonds is 6. The molecule has 1 unspecified atom stereocenters. The van der Waals surface area contributed by atoms with E-state index >= 15 is 0 Å². The lowest BCUT2D eigenvalue weighted by Gasteiger charge is -2.51. The second kappa shape index (κ2) is 9.59. The van der Waals surface area contributed by atoms with Gasteiger partial charge < -0.3 is 15.3 Å². The van der Waals surface area contributed by atoms with Gasteiger partial charge in [-0.05, 0) is 30.0 Å². The zero-order chi connectivity index (χ0) is 24.5. The molecule has 1 aliphatic heterocycles. The van der Waals surface area contributed by atoms with Crippen molar-refractivity contribution in [2.24, 2.45) is 17.3 Å². The van der Waals surface area contributed by atoms with E-state index in [0.29, 0.717) is 10.6 Å². The monoisotopic (exact) mass is 476 g/mol. The third-order valence-electron chi connectivity index (χ3n) is 6.38. The van der Waals surface area contributed by atoms with E-state index in [0.717, 1.165) is 6.92 Å². The summed E-state index contributed by atoms with van der Waals surface area (Å²) < 4.78 is 38.4. The van der Waals surface area contributed by atoms with E-state index in [1.165, 1.54) is 0 Å². The maximum atomic E-state index is 13.2. The van der Waals surface area contributed by atoms with E-state index < -0.39 is 41.5 Å². The minimum Gasteiger partial charge on any atom is -0.384 e. The van der Waals surface area contributed by atoms with E-state index in [4.69, 9.17) is 11.6 Å². The molecule has 0 aliphatic carbocycles. The van der Waals surface area contributed by atoms with Crippen LogP contribution in [0.2, 0.25) is 5.02 Å². The molecule has 1 saturated heterocycles. The van der Waals surface area contributed by atoms with Crippen LogP contribution >= 0.6 is 11.6 Å². The number of nitrogens with zero attached hydrogens (tertiary/aromatic N) is 1. The number of alkyl halides is 3. The van der Waals surface area contributed by atoms with Gasteiger partial charge >= 0.3 is 6.18 Å². The van der Waals surface area contributed by atoms with Gasteiger partial charge in [-0.15, -0.1) is 0 Å². The first kappa shape index (κ1) is 26.5. The third kappa shape index (κ3) is 5.76. The van der Waals surface area contributed by atoms with E-state index in [9.17, 15) is 27.9 Å². The molecule has 180 valence electrons. The van der Waals surface area contributed by atoms with Crippen molar-refractivity contribution < 1.29 is 27.9 Å². The van der Waals surface area contributed by atoms with Crippen molar-refractivity contribution in [3.63, 3.8) is 0 Å². The maximum absolute atomic E-state index is 13.2. The number of halogens is 4. The number of aliphatic hydroxyl groups is 1. The lowest BCUT2D eigenvalue weighted by molar-refractivity contribution is -0.174. The summed E-state index contributed by atoms with van der Waals surface area (Å²) in [5, 5.41) is 14.5. The number of benzene rings is 1. The molecule has 3 atom stereocenters. The zero-order valence-corrected chi connectivity index (χ0v) is 19.8. The number of hydrogen-bond acceptors (Lipinski definition) is 3. The van der Waals surface area contributed by atoms with Crippen LogP contribution in [0.1, 0.15) is 53.0 Å². The molecule has 1 aliphatic rings. The first-order valence-electron chi connectivity index (χ1n) is 10.7. The van der Waals surface area contributed by atoms with E-state index in [2.05, 4.69) is 5.32 Å². The predicted molar refractivity (Wildman–Crippen MR) is 117 cm³/mol. The first-order chi connectivity index (χ1) is 14.6. The Morgan fingerprint density at radius 3 is 2.22 bits per heavy atom. The molecular weight excluding hydrogens is 445 g/mol. The predicted octanol–water partition coefficient (Wildman–Crippen LogP) is 4.52. The number of nitrogens with one attached hydrogen (secondary N) is 1. The minimum atomic E-state index is -4.47. The number of amides is 2. The lowest BCUT2D eigenvalue weighted by Crippen LogP contribution is -2.60. The molecule has 2 rings (SSSR count). The Morgan fingerprint density at radius 2 is 1.75 bits per heavy atom. The van der Waals surface area contributed by atoms with Gasteiger partial charge in [0.05, 0.1) is 11.5 Å². The largest absolute Gasteiger partial charge is 0.392 e. The maximum Gasteiger partial charge on any atom is 0.392 e. The average Bonchev–Trinajstić information content (AvgIpc) is 2.67. The molecule has 0 bridgehead atoms. The highest BCUT2D eigenvalue weighted by molar-refractivity contribution is 6.30. The third-order valence-corrected chi connectivity index (χ3v) is 6.63. The molecule has 1 aromatic rings. The Kier molecular flexibility index (Phi) is 7.93. The van der Waals surface area contributed by atoms with Gasteiger partial charge in [-0.25, -0.2) is 0 Å². The Hall–Kier alpha value is -1.80. The van der Waals surface area contributed by atoms with E-state index in [1.54, 1.807) is 43.0 Å². The summed E-state index contributed by atoms with van der Waals surface area (Å²) >= 11 is 5.96. The van der Waals surface area contributed by atoms with Crippen molar-refractivity contribution in [3.05, 3.63) is 34.9 Å². The summed E-state index contributed by atoms with van der Waals surface area (Å²) in [6.45, 7) is 8.59. The van der Waals surface area contributed by atoms with Crippen LogP contribution in [0.4, 0.5) is 13.2 Å². The van der Waals surface area contributed by atoms with Crippen molar-refractivity contribution in [1.82, 2.24) is 10.2 Å². The number of carbonyl (C=O) groups is 2. The molecule has 2 amide bonds. The Bertz CT molecular complexity index is 827. The molecule has 32 heavy (non-hydrogen) atoms. The normalized spacial score (nSPS) is 23.0. The molecule has 9 heteroatoms. The quantitative estimate of drug-likeness (QED) is 0.634. The number of carbonyl (C=O) groups excluding carboxylic acids is 2. The van der Waals surface area contributed by atoms with Crippen LogP contribution < -0.4 is 5.32 Å². The zero-order valence-electron chi connectivity index (χ0n) is 19.1. The van der Waals surface area contributed by atoms with Crippen LogP contribution in [-0.4, -0.2) is 47.1 Å². The first-order valence-corrected chi connectivity index (χ1v) is 11.1. The molecular formula is C23H32ClF3N2O3. The number of hydrogen-bond donors (Lipinski definition) is 2. The average molecular weight is 477 g/mol. The summed E-state index contributed by atoms with van der Waals surface area (Å²) in [5.74, 6) is -3.28. The minimum absolute atomic E-state index is 0.225. The van der Waals surface area contributed by atoms with Crippen LogP contribution in [0.5, 0.6) is 0 Å². The van der Waals surface area contributed by atoms with Gasteiger partial charge in [0.2, 0.25) is 11.8 Å². The molecule has 1 fully saturated rings. The van der Waals surface area contributed by atoms with Crippen molar-refractivity contribution in [1.29, 1.82) is 0 Å². The van der Waals surface area contributed by atoms with Gasteiger partial charge in [-0.1, -0.05) is 58.4 Å². The lowest BCUT2D eigenvalue weighted by atomic mass is 9.66. The van der Waals surface area contributed by atoms with Gasteiger partial charge in [-0.2, -0.15) is 13.2 Å². The van der Waals surface area contributed by atoms with Crippen LogP contribution in [0.25, 0.3) is 0 Å². The molecule has 0 radical (unpaired) electrons. The Balaban J connectivity index is 2.14. The SMILES string of the molecule is CC(C)[C@@H](NC(=O)CC(C)C(F)(F)F)C(=O)N1CC[C@](O)(c2ccc(Cl)cc2)C(C)(C)C1. The second-order valence-electron chi connectivity index (χ2n) is 9.70. The molecule has 2 N–H and O–H groups in total. The van der Waals surface area contributed by atoms with E-state index in [-0.39, 0.29) is 31.3 Å². The Labute approximate surface area is 192 Å². The number of likely N-dealkylation sites (tertiary alicyclic amines) is 1. The van der Waals surface area contributed by atoms with E-state index in [1.807, 2.05) is 13.8 Å². The fraction of sp³-hybridized carbons (Fsp3) is 0.652. The molecule has 1 heterocycles. The standard InChI is InChI=1S/C23H32ClF3N2O3/c1-14(2)19(28-18(30)12-15(3)23(25,26)27)20(31)29-11-10-22(32,21(4,5)13-29)16-6-8-17(24)9-7-16/h6-9,14-15,19,32H,10-13H2,1-5H3,(H,28,30)/t15?,19-,22+/m1/s1. The smallest absolute Gasteiger partial charge is 0.384 e. The van der Waals surface area contributed by atoms with Crippen molar-refractivity contribution in [3.8, 4) is 0 Å². The van der Waals surface area contributed by atoms with Crippen molar-refractivity contribution >= 4 is 23.4 Å². The Morgan fingerprint density at radius 1 is 1.19 bits per heavy atom. The fourth-order valence-corrected chi connectivity index (χ4v) is 4.23. The highest BCUT2D eigenvalue weighted by Gasteiger charge is 2.50. The second-order valence-corrected chi connectivity index (χ2v) is 10.1. The number of piperidine rings is 1. The van der Waals surface area contributed by atoms with Crippen LogP contribution in [-0.2, 0) is 15.2 Å². The molecule has 0 saturated carbocycles. The van der Waals surface area contributed by atoms with Crippen molar-refractivity contribution in [2.45, 2.75) is 65.3 Å². The summed E-state index contributed by atoms with van der Waals surface area (Å²) in [7, 11) is 0. The van der Waals surface area contributed by atoms with Crippen LogP contribution in [0.3, 0.4) is 0 Å². The van der Waals surface area contributed by atoms with Gasteiger partial charge in [0.25, 0.3) is 0 Å². The summed E-state index contributed by atoms with van der Waals surface area (Å²) in [4.78, 5) is 27.0. The van der Waals surface area contributed by atoms with Crippen LogP contribution in [0, 0.1) is 17.3 Å². The summed E-state index contributed by atoms with van der Waals surface area (Å²) in [6.07, 6.45) is -4.93. The topological polar surface area (TPSA) is 69.6 Å². The molecule has 5 nitrogen and oxygen atoms in total. The van der Waals surface area contributed by atoms with Crippen LogP contribution in [0.15, 0.2) is 24.3 Å². The summed E-state index contributed by atoms with van der Waals surface area (Å²) in [6, 6.07) is 5.99. The highest BCUT2D eigenvalue weighted by Crippen LogP contribution is 2.46. The van der Waals surface area contributed by atoms with Crippen molar-refractivity contribution in [2.75, 3.05) is 13.1 Å². The molecule has 1 aromatic carbocycles. The molecule has 0 aromatic heterocycles. The summed E-state index contributed by atoms with van der Waals surface area (Å²) in [5.41, 5.74) is -1.20. The molecule has 0 spiro atoms. The fourth-order valence-electron chi connectivity index (χ4n) is 4.11. The van der Waals surface area contributed by atoms with Gasteiger partial charge in [0.1, 0.15) is 6.04 Å². The highest BCUT2D eigenvalue weighted by atomic mass is 35.5.